The number of benzene rings is 1. The third-order valence-corrected chi connectivity index (χ3v) is 8.98. The summed E-state index contributed by atoms with van der Waals surface area (Å²) in [5.74, 6) is 1.11. The molecular formula is C31H37N7O3. The first-order valence-electron chi connectivity index (χ1n) is 14.9. The van der Waals surface area contributed by atoms with Gasteiger partial charge in [0.1, 0.15) is 5.82 Å². The van der Waals surface area contributed by atoms with Crippen molar-refractivity contribution in [2.45, 2.75) is 45.2 Å². The van der Waals surface area contributed by atoms with E-state index in [-0.39, 0.29) is 17.5 Å². The molecule has 0 bridgehead atoms. The van der Waals surface area contributed by atoms with Gasteiger partial charge in [0.05, 0.1) is 28.7 Å². The number of piperazine rings is 1. The number of aromatic nitrogens is 4. The number of H-pyrrole nitrogens is 1. The summed E-state index contributed by atoms with van der Waals surface area (Å²) in [6.45, 7) is 9.34. The predicted molar refractivity (Wildman–Crippen MR) is 159 cm³/mol. The highest BCUT2D eigenvalue weighted by Crippen LogP contribution is 2.30. The largest absolute Gasteiger partial charge is 0.381 e. The van der Waals surface area contributed by atoms with E-state index >= 15 is 0 Å². The van der Waals surface area contributed by atoms with E-state index in [9.17, 15) is 9.59 Å². The Morgan fingerprint density at radius 1 is 1.00 bits per heavy atom. The molecule has 0 spiro atoms. The summed E-state index contributed by atoms with van der Waals surface area (Å²) >= 11 is 0. The highest BCUT2D eigenvalue weighted by Gasteiger charge is 2.26. The summed E-state index contributed by atoms with van der Waals surface area (Å²) in [6.07, 6.45) is 7.85. The average molecular weight is 556 g/mol. The van der Waals surface area contributed by atoms with Gasteiger partial charge in [0.15, 0.2) is 0 Å². The lowest BCUT2D eigenvalue weighted by Crippen LogP contribution is -2.48. The maximum absolute atomic E-state index is 13.8. The summed E-state index contributed by atoms with van der Waals surface area (Å²) in [4.78, 5) is 41.1. The highest BCUT2D eigenvalue weighted by molar-refractivity contribution is 6.07. The minimum atomic E-state index is -0.152. The van der Waals surface area contributed by atoms with Crippen LogP contribution in [0, 0.1) is 6.92 Å². The van der Waals surface area contributed by atoms with E-state index in [4.69, 9.17) is 9.72 Å². The number of carbonyl (C=O) groups is 1. The zero-order valence-electron chi connectivity index (χ0n) is 23.6. The van der Waals surface area contributed by atoms with Crippen LogP contribution in [0.2, 0.25) is 0 Å². The Morgan fingerprint density at radius 2 is 1.78 bits per heavy atom. The van der Waals surface area contributed by atoms with Crippen LogP contribution in [-0.4, -0.2) is 87.9 Å². The van der Waals surface area contributed by atoms with Crippen LogP contribution in [0.1, 0.15) is 53.2 Å². The van der Waals surface area contributed by atoms with Gasteiger partial charge < -0.3 is 19.5 Å². The minimum absolute atomic E-state index is 0.0390. The van der Waals surface area contributed by atoms with Gasteiger partial charge >= 0.3 is 0 Å². The van der Waals surface area contributed by atoms with Crippen LogP contribution < -0.4 is 10.5 Å². The number of hydrogen-bond acceptors (Lipinski definition) is 7. The number of hydrogen-bond donors (Lipinski definition) is 1. The molecule has 0 saturated carbocycles. The number of ether oxygens (including phenoxy) is 1. The maximum Gasteiger partial charge on any atom is 0.259 e. The molecule has 214 valence electrons. The van der Waals surface area contributed by atoms with Crippen molar-refractivity contribution < 1.29 is 9.53 Å². The molecule has 3 aliphatic rings. The molecule has 7 rings (SSSR count). The van der Waals surface area contributed by atoms with Crippen LogP contribution in [0.5, 0.6) is 0 Å². The van der Waals surface area contributed by atoms with Crippen LogP contribution in [0.25, 0.3) is 21.8 Å². The first kappa shape index (κ1) is 26.2. The van der Waals surface area contributed by atoms with E-state index in [1.54, 1.807) is 6.20 Å². The normalized spacial score (nSPS) is 19.0. The van der Waals surface area contributed by atoms with Gasteiger partial charge in [0.2, 0.25) is 0 Å². The molecular weight excluding hydrogens is 518 g/mol. The molecule has 3 fully saturated rings. The zero-order chi connectivity index (χ0) is 27.9. The topological polar surface area (TPSA) is 99.6 Å². The molecule has 10 nitrogen and oxygen atoms in total. The number of amides is 1. The molecule has 41 heavy (non-hydrogen) atoms. The van der Waals surface area contributed by atoms with Crippen molar-refractivity contribution in [2.24, 2.45) is 0 Å². The van der Waals surface area contributed by atoms with Crippen LogP contribution in [0.4, 0.5) is 5.82 Å². The first-order chi connectivity index (χ1) is 20.0. The fourth-order valence-electron chi connectivity index (χ4n) is 6.61. The fraction of sp³-hybridized carbons (Fsp3) is 0.484. The van der Waals surface area contributed by atoms with E-state index in [1.807, 2.05) is 34.8 Å². The Morgan fingerprint density at radius 3 is 2.51 bits per heavy atom. The summed E-state index contributed by atoms with van der Waals surface area (Å²) in [7, 11) is 0. The van der Waals surface area contributed by atoms with Crippen molar-refractivity contribution in [2.75, 3.05) is 57.4 Å². The lowest BCUT2D eigenvalue weighted by atomic mass is 10.0. The number of nitrogens with one attached hydrogen (secondary N) is 1. The quantitative estimate of drug-likeness (QED) is 0.403. The van der Waals surface area contributed by atoms with Crippen LogP contribution in [-0.2, 0) is 11.3 Å². The molecule has 3 aromatic heterocycles. The molecule has 1 amide bonds. The Balaban J connectivity index is 1.09. The third-order valence-electron chi connectivity index (χ3n) is 8.98. The summed E-state index contributed by atoms with van der Waals surface area (Å²) < 4.78 is 7.53. The summed E-state index contributed by atoms with van der Waals surface area (Å²) in [6, 6.07) is 8.39. The van der Waals surface area contributed by atoms with Crippen molar-refractivity contribution in [3.05, 3.63) is 63.7 Å². The van der Waals surface area contributed by atoms with Gasteiger partial charge in [-0.3, -0.25) is 19.2 Å². The van der Waals surface area contributed by atoms with Crippen molar-refractivity contribution in [3.63, 3.8) is 0 Å². The number of aryl methyl sites for hydroxylation is 1. The summed E-state index contributed by atoms with van der Waals surface area (Å²) in [5, 5.41) is 6.04. The number of nitrogens with zero attached hydrogens (tertiary/aromatic N) is 6. The molecule has 1 N–H and O–H groups in total. The molecule has 0 unspecified atom stereocenters. The second kappa shape index (κ2) is 10.9. The second-order valence-corrected chi connectivity index (χ2v) is 11.6. The number of rotatable bonds is 5. The van der Waals surface area contributed by atoms with Gasteiger partial charge in [0.25, 0.3) is 11.5 Å². The van der Waals surface area contributed by atoms with Crippen LogP contribution >= 0.6 is 0 Å². The second-order valence-electron chi connectivity index (χ2n) is 11.6. The maximum atomic E-state index is 13.8. The van der Waals surface area contributed by atoms with Gasteiger partial charge in [-0.2, -0.15) is 5.10 Å². The average Bonchev–Trinajstić information content (AvgIpc) is 3.70. The summed E-state index contributed by atoms with van der Waals surface area (Å²) in [5.41, 5.74) is 4.14. The predicted octanol–water partition coefficient (Wildman–Crippen LogP) is 3.49. The van der Waals surface area contributed by atoms with Crippen molar-refractivity contribution in [1.82, 2.24) is 29.5 Å². The standard InChI is InChI=1S/C31H37N7O3/c1-21-16-27-25(29-26(30(39)34-27)19-33-38(29)23-6-14-41-15-7-23)17-24(21)31(40)37-12-10-35(11-13-37)20-22-4-5-28(32-18-22)36-8-2-3-9-36/h4-5,16-19,23H,2-3,6-15,20H2,1H3,(H,34,39). The Kier molecular flexibility index (Phi) is 6.96. The lowest BCUT2D eigenvalue weighted by Gasteiger charge is -2.35. The zero-order valence-corrected chi connectivity index (χ0v) is 23.6. The number of aromatic amines is 1. The van der Waals surface area contributed by atoms with Crippen molar-refractivity contribution in [1.29, 1.82) is 0 Å². The number of pyridine rings is 2. The molecule has 0 atom stereocenters. The van der Waals surface area contributed by atoms with Gasteiger partial charge in [-0.05, 0) is 61.9 Å². The van der Waals surface area contributed by atoms with Crippen molar-refractivity contribution >= 4 is 33.5 Å². The molecule has 10 heteroatoms. The molecule has 4 aromatic rings. The molecule has 0 radical (unpaired) electrons. The van der Waals surface area contributed by atoms with Crippen molar-refractivity contribution in [3.8, 4) is 0 Å². The minimum Gasteiger partial charge on any atom is -0.381 e. The van der Waals surface area contributed by atoms with E-state index in [0.29, 0.717) is 37.3 Å². The molecule has 0 aliphatic carbocycles. The third kappa shape index (κ3) is 4.99. The van der Waals surface area contributed by atoms with Crippen LogP contribution in [0.3, 0.4) is 0 Å². The highest BCUT2D eigenvalue weighted by atomic mass is 16.5. The van der Waals surface area contributed by atoms with Crippen LogP contribution in [0.15, 0.2) is 41.5 Å². The number of fused-ring (bicyclic) bond motifs is 3. The molecule has 6 heterocycles. The molecule has 3 aliphatic heterocycles. The Hall–Kier alpha value is -3.76. The Labute approximate surface area is 238 Å². The smallest absolute Gasteiger partial charge is 0.259 e. The lowest BCUT2D eigenvalue weighted by molar-refractivity contribution is 0.0627. The van der Waals surface area contributed by atoms with E-state index in [2.05, 4.69) is 32.0 Å². The number of carbonyl (C=O) groups excluding carboxylic acids is 1. The van der Waals surface area contributed by atoms with E-state index in [1.165, 1.54) is 18.4 Å². The molecule has 3 saturated heterocycles. The fourth-order valence-corrected chi connectivity index (χ4v) is 6.61. The van der Waals surface area contributed by atoms with Gasteiger partial charge in [-0.1, -0.05) is 6.07 Å². The molecule has 1 aromatic carbocycles. The monoisotopic (exact) mass is 555 g/mol. The van der Waals surface area contributed by atoms with Gasteiger partial charge in [-0.25, -0.2) is 4.98 Å². The SMILES string of the molecule is Cc1cc2[nH]c(=O)c3cnn(C4CCOCC4)c3c2cc1C(=O)N1CCN(Cc2ccc(N3CCCC3)nc2)CC1. The number of anilines is 1. The van der Waals surface area contributed by atoms with Gasteiger partial charge in [-0.15, -0.1) is 0 Å². The van der Waals surface area contributed by atoms with Gasteiger partial charge in [0, 0.05) is 76.2 Å². The van der Waals surface area contributed by atoms with E-state index in [0.717, 1.165) is 73.4 Å². The Bertz CT molecular complexity index is 1620. The first-order valence-corrected chi connectivity index (χ1v) is 14.9. The van der Waals surface area contributed by atoms with E-state index < -0.39 is 0 Å².